The molecule has 0 saturated carbocycles. The van der Waals surface area contributed by atoms with E-state index in [1.807, 2.05) is 0 Å². The van der Waals surface area contributed by atoms with Crippen molar-refractivity contribution in [2.24, 2.45) is 5.10 Å². The molecule has 0 aliphatic heterocycles. The highest BCUT2D eigenvalue weighted by Crippen LogP contribution is 2.17. The van der Waals surface area contributed by atoms with Gasteiger partial charge in [-0.25, -0.2) is 10.2 Å². The third kappa shape index (κ3) is 6.04. The van der Waals surface area contributed by atoms with E-state index in [1.54, 1.807) is 19.1 Å². The predicted molar refractivity (Wildman–Crippen MR) is 114 cm³/mol. The van der Waals surface area contributed by atoms with Crippen molar-refractivity contribution in [2.45, 2.75) is 13.5 Å². The van der Waals surface area contributed by atoms with Gasteiger partial charge in [-0.3, -0.25) is 29.7 Å². The second-order valence-electron chi connectivity index (χ2n) is 6.60. The molecular weight excluding hydrogens is 436 g/mol. The Labute approximate surface area is 185 Å². The summed E-state index contributed by atoms with van der Waals surface area (Å²) < 4.78 is 6.36. The first-order valence-electron chi connectivity index (χ1n) is 9.30. The van der Waals surface area contributed by atoms with Crippen molar-refractivity contribution < 1.29 is 24.2 Å². The monoisotopic (exact) mass is 452 g/mol. The number of non-ortho nitro benzene ring substituents is 1. The second-order valence-corrected chi connectivity index (χ2v) is 6.60. The SMILES string of the molecule is C/C(=N\NC(=O)Cn1cc([N+](=O)[O-])cn1)c1ccc(OC(=O)c2ccc([N+](=O)[O-])cc2)cc1. The van der Waals surface area contributed by atoms with Crippen LogP contribution in [0.1, 0.15) is 22.8 Å². The van der Waals surface area contributed by atoms with Gasteiger partial charge < -0.3 is 4.74 Å². The van der Waals surface area contributed by atoms with E-state index in [1.165, 1.54) is 36.4 Å². The minimum absolute atomic E-state index is 0.135. The number of ether oxygens (including phenoxy) is 1. The molecule has 0 spiro atoms. The summed E-state index contributed by atoms with van der Waals surface area (Å²) in [5.74, 6) is -0.950. The van der Waals surface area contributed by atoms with Gasteiger partial charge in [0.05, 0.1) is 21.1 Å². The molecule has 168 valence electrons. The number of nitro groups is 2. The van der Waals surface area contributed by atoms with E-state index in [0.717, 1.165) is 17.1 Å². The molecule has 0 bridgehead atoms. The molecule has 2 aromatic carbocycles. The van der Waals surface area contributed by atoms with Gasteiger partial charge in [-0.1, -0.05) is 0 Å². The average molecular weight is 452 g/mol. The highest BCUT2D eigenvalue weighted by atomic mass is 16.6. The zero-order valence-electron chi connectivity index (χ0n) is 17.1. The standard InChI is InChI=1S/C20H16N6O7/c1-13(22-23-19(27)12-24-11-17(10-21-24)26(31)32)14-4-8-18(9-5-14)33-20(28)15-2-6-16(7-3-15)25(29)30/h2-11H,12H2,1H3,(H,23,27)/b22-13+. The van der Waals surface area contributed by atoms with Gasteiger partial charge in [0.1, 0.15) is 24.7 Å². The largest absolute Gasteiger partial charge is 0.423 e. The number of nitro benzene ring substituents is 1. The number of aromatic nitrogens is 2. The topological polar surface area (TPSA) is 172 Å². The number of hydrogen-bond donors (Lipinski definition) is 1. The second kappa shape index (κ2) is 9.91. The molecule has 1 heterocycles. The summed E-state index contributed by atoms with van der Waals surface area (Å²) >= 11 is 0. The Morgan fingerprint density at radius 2 is 1.61 bits per heavy atom. The van der Waals surface area contributed by atoms with Crippen molar-refractivity contribution in [2.75, 3.05) is 0 Å². The Hall–Kier alpha value is -4.94. The lowest BCUT2D eigenvalue weighted by atomic mass is 10.1. The Morgan fingerprint density at radius 1 is 1.00 bits per heavy atom. The molecule has 13 heteroatoms. The molecule has 1 N–H and O–H groups in total. The quantitative estimate of drug-likeness (QED) is 0.178. The van der Waals surface area contributed by atoms with Crippen LogP contribution in [0.25, 0.3) is 0 Å². The van der Waals surface area contributed by atoms with Gasteiger partial charge in [0.25, 0.3) is 11.6 Å². The van der Waals surface area contributed by atoms with E-state index < -0.39 is 21.7 Å². The lowest BCUT2D eigenvalue weighted by Gasteiger charge is -2.06. The van der Waals surface area contributed by atoms with Gasteiger partial charge in [-0.15, -0.1) is 0 Å². The molecule has 3 aromatic rings. The summed E-state index contributed by atoms with van der Waals surface area (Å²) in [7, 11) is 0. The van der Waals surface area contributed by atoms with Crippen molar-refractivity contribution in [1.82, 2.24) is 15.2 Å². The third-order valence-electron chi connectivity index (χ3n) is 4.28. The molecule has 1 amide bonds. The first-order chi connectivity index (χ1) is 15.7. The number of nitrogens with zero attached hydrogens (tertiary/aromatic N) is 5. The van der Waals surface area contributed by atoms with Crippen LogP contribution in [0.5, 0.6) is 5.75 Å². The molecular formula is C20H16N6O7. The fraction of sp³-hybridized carbons (Fsp3) is 0.100. The number of hydrazone groups is 1. The van der Waals surface area contributed by atoms with Crippen molar-refractivity contribution >= 4 is 29.0 Å². The van der Waals surface area contributed by atoms with Crippen molar-refractivity contribution in [3.05, 3.63) is 92.3 Å². The maximum absolute atomic E-state index is 12.2. The van der Waals surface area contributed by atoms with Crippen LogP contribution in [0.2, 0.25) is 0 Å². The van der Waals surface area contributed by atoms with Crippen LogP contribution in [0.15, 0.2) is 66.0 Å². The number of amides is 1. The highest BCUT2D eigenvalue weighted by Gasteiger charge is 2.13. The Kier molecular flexibility index (Phi) is 6.83. The molecule has 0 aliphatic carbocycles. The number of esters is 1. The van der Waals surface area contributed by atoms with E-state index in [0.29, 0.717) is 11.3 Å². The van der Waals surface area contributed by atoms with E-state index >= 15 is 0 Å². The first kappa shape index (κ1) is 22.7. The molecule has 0 atom stereocenters. The van der Waals surface area contributed by atoms with Crippen molar-refractivity contribution in [3.63, 3.8) is 0 Å². The van der Waals surface area contributed by atoms with Gasteiger partial charge >= 0.3 is 11.7 Å². The molecule has 0 unspecified atom stereocenters. The molecule has 1 aromatic heterocycles. The minimum atomic E-state index is -0.672. The molecule has 0 radical (unpaired) electrons. The van der Waals surface area contributed by atoms with E-state index in [-0.39, 0.29) is 29.2 Å². The summed E-state index contributed by atoms with van der Waals surface area (Å²) in [5, 5.41) is 29.0. The van der Waals surface area contributed by atoms with E-state index in [2.05, 4.69) is 15.6 Å². The smallest absolute Gasteiger partial charge is 0.343 e. The average Bonchev–Trinajstić information content (AvgIpc) is 3.27. The number of hydrogen-bond acceptors (Lipinski definition) is 9. The molecule has 3 rings (SSSR count). The van der Waals surface area contributed by atoms with Crippen LogP contribution in [0, 0.1) is 20.2 Å². The van der Waals surface area contributed by atoms with Crippen molar-refractivity contribution in [3.8, 4) is 5.75 Å². The summed E-state index contributed by atoms with van der Waals surface area (Å²) in [6.07, 6.45) is 2.17. The van der Waals surface area contributed by atoms with E-state index in [4.69, 9.17) is 4.74 Å². The van der Waals surface area contributed by atoms with Gasteiger partial charge in [0.15, 0.2) is 0 Å². The zero-order valence-corrected chi connectivity index (χ0v) is 17.1. The summed E-state index contributed by atoms with van der Waals surface area (Å²) in [6.45, 7) is 1.40. The zero-order chi connectivity index (χ0) is 24.0. The highest BCUT2D eigenvalue weighted by molar-refractivity contribution is 5.99. The summed E-state index contributed by atoms with van der Waals surface area (Å²) in [6, 6.07) is 11.3. The van der Waals surface area contributed by atoms with Crippen molar-refractivity contribution in [1.29, 1.82) is 0 Å². The number of rotatable bonds is 8. The predicted octanol–water partition coefficient (Wildman–Crippen LogP) is 2.46. The van der Waals surface area contributed by atoms with Crippen LogP contribution in [-0.4, -0.2) is 37.2 Å². The molecule has 0 fully saturated rings. The number of carbonyl (C=O) groups is 2. The Balaban J connectivity index is 1.56. The third-order valence-corrected chi connectivity index (χ3v) is 4.28. The Bertz CT molecular complexity index is 1230. The fourth-order valence-corrected chi connectivity index (χ4v) is 2.58. The van der Waals surface area contributed by atoms with Gasteiger partial charge in [-0.05, 0) is 48.9 Å². The van der Waals surface area contributed by atoms with Crippen LogP contribution < -0.4 is 10.2 Å². The van der Waals surface area contributed by atoms with E-state index in [9.17, 15) is 29.8 Å². The van der Waals surface area contributed by atoms with Crippen LogP contribution >= 0.6 is 0 Å². The summed E-state index contributed by atoms with van der Waals surface area (Å²) in [4.78, 5) is 44.3. The summed E-state index contributed by atoms with van der Waals surface area (Å²) in [5.41, 5.74) is 3.23. The molecule has 33 heavy (non-hydrogen) atoms. The number of carbonyl (C=O) groups excluding carboxylic acids is 2. The molecule has 0 saturated heterocycles. The fourth-order valence-electron chi connectivity index (χ4n) is 2.58. The molecule has 13 nitrogen and oxygen atoms in total. The first-order valence-corrected chi connectivity index (χ1v) is 9.30. The number of nitrogens with one attached hydrogen (secondary N) is 1. The maximum atomic E-state index is 12.2. The maximum Gasteiger partial charge on any atom is 0.343 e. The van der Waals surface area contributed by atoms with Crippen LogP contribution in [-0.2, 0) is 11.3 Å². The van der Waals surface area contributed by atoms with Gasteiger partial charge in [-0.2, -0.15) is 10.2 Å². The normalized spacial score (nSPS) is 11.0. The van der Waals surface area contributed by atoms with Crippen LogP contribution in [0.3, 0.4) is 0 Å². The number of benzene rings is 2. The van der Waals surface area contributed by atoms with Crippen LogP contribution in [0.4, 0.5) is 11.4 Å². The van der Waals surface area contributed by atoms with Gasteiger partial charge in [0, 0.05) is 12.1 Å². The minimum Gasteiger partial charge on any atom is -0.423 e. The lowest BCUT2D eigenvalue weighted by Crippen LogP contribution is -2.24. The lowest BCUT2D eigenvalue weighted by molar-refractivity contribution is -0.385. The molecule has 0 aliphatic rings. The van der Waals surface area contributed by atoms with Gasteiger partial charge in [0.2, 0.25) is 0 Å². The Morgan fingerprint density at radius 3 is 2.18 bits per heavy atom.